The van der Waals surface area contributed by atoms with Crippen molar-refractivity contribution in [3.8, 4) is 0 Å². The van der Waals surface area contributed by atoms with Gasteiger partial charge in [-0.1, -0.05) is 152 Å². The van der Waals surface area contributed by atoms with Crippen LogP contribution in [0.2, 0.25) is 0 Å². The summed E-state index contributed by atoms with van der Waals surface area (Å²) in [6.45, 7) is 18.9. The highest BCUT2D eigenvalue weighted by molar-refractivity contribution is 5.89. The fraction of sp³-hybridized carbons (Fsp3) is 0.676. The lowest BCUT2D eigenvalue weighted by molar-refractivity contribution is -0.142. The van der Waals surface area contributed by atoms with Crippen LogP contribution in [-0.2, 0) is 41.4 Å². The summed E-state index contributed by atoms with van der Waals surface area (Å²) >= 11 is 0. The Labute approximate surface area is 495 Å². The van der Waals surface area contributed by atoms with Crippen molar-refractivity contribution >= 4 is 36.1 Å². The molecule has 0 atom stereocenters. The van der Waals surface area contributed by atoms with E-state index < -0.39 is 23.1 Å². The van der Waals surface area contributed by atoms with Crippen molar-refractivity contribution in [1.82, 2.24) is 9.80 Å². The maximum Gasteiger partial charge on any atom is 0.410 e. The van der Waals surface area contributed by atoms with Crippen molar-refractivity contribution in [2.45, 2.75) is 259 Å². The maximum atomic E-state index is 12.9. The van der Waals surface area contributed by atoms with E-state index >= 15 is 0 Å². The molecule has 0 aliphatic carbocycles. The van der Waals surface area contributed by atoms with Crippen LogP contribution in [0, 0.1) is 0 Å². The first-order valence-electron chi connectivity index (χ1n) is 31.5. The molecule has 2 aromatic carbocycles. The zero-order chi connectivity index (χ0) is 60.7. The molecule has 464 valence electrons. The van der Waals surface area contributed by atoms with Crippen LogP contribution >= 0.6 is 0 Å². The van der Waals surface area contributed by atoms with E-state index in [2.05, 4.69) is 32.1 Å². The minimum atomic E-state index is -0.915. The summed E-state index contributed by atoms with van der Waals surface area (Å²) in [5.41, 5.74) is 1.95. The average Bonchev–Trinajstić information content (AvgIpc) is 3.45. The first-order chi connectivity index (χ1) is 39.2. The molecule has 0 unspecified atom stereocenters. The van der Waals surface area contributed by atoms with E-state index in [0.717, 1.165) is 133 Å². The quantitative estimate of drug-likeness (QED) is 0.0277. The van der Waals surface area contributed by atoms with E-state index in [1.807, 2.05) is 82.9 Å². The maximum absolute atomic E-state index is 12.9. The van der Waals surface area contributed by atoms with Gasteiger partial charge in [-0.3, -0.25) is 9.59 Å². The second kappa shape index (κ2) is 46.8. The molecule has 0 spiro atoms. The SMILES string of the molecule is CC(C)(C)OC(=O)N(CCCCCCCC(=O)O)CCCCCc1cccc(C(=O)O)c1.CCCCCC/C=C\COC(=O)CCCCCCCN(CCCCCc1cccc(C(=O)OC/C=C\CCCCCC)c1)C(=O)OC(C)(C)C. The molecule has 0 saturated carbocycles. The number of carbonyl (C=O) groups is 6. The van der Waals surface area contributed by atoms with Crippen molar-refractivity contribution in [2.24, 2.45) is 0 Å². The standard InChI is InChI=1S/C43H71NO6.C25H39NO6/c1-6-8-10-12-14-19-26-35-48-40(45)32-23-17-16-18-24-33-44(42(47)50-43(3,4)5)34-25-21-22-29-38-30-28-31-39(37-38)41(46)49-36-27-20-15-13-11-9-7-2;1-25(2,3)32-24(31)26(17-10-6-4-5-9-16-22(27)28)18-11-7-8-13-20-14-12-15-21(19-20)23(29)30/h19-20,26-28,30-31,37H,6-18,21-25,29,32-36H2,1-5H3;12,14-15,19H,4-11,13,16-18H2,1-3H3,(H,27,28)(H,29,30)/b26-19-,27-20-;. The van der Waals surface area contributed by atoms with Gasteiger partial charge < -0.3 is 39.0 Å². The molecule has 0 fully saturated rings. The largest absolute Gasteiger partial charge is 0.481 e. The topological polar surface area (TPSA) is 186 Å². The Morgan fingerprint density at radius 2 is 0.841 bits per heavy atom. The number of hydrogen-bond donors (Lipinski definition) is 2. The molecule has 82 heavy (non-hydrogen) atoms. The van der Waals surface area contributed by atoms with Crippen molar-refractivity contribution in [2.75, 3.05) is 39.4 Å². The Morgan fingerprint density at radius 3 is 1.28 bits per heavy atom. The highest BCUT2D eigenvalue weighted by Crippen LogP contribution is 2.18. The number of esters is 2. The Kier molecular flexibility index (Phi) is 42.4. The predicted molar refractivity (Wildman–Crippen MR) is 331 cm³/mol. The van der Waals surface area contributed by atoms with Crippen LogP contribution in [0.1, 0.15) is 267 Å². The van der Waals surface area contributed by atoms with Crippen LogP contribution in [0.5, 0.6) is 0 Å². The van der Waals surface area contributed by atoms with Crippen molar-refractivity contribution in [3.63, 3.8) is 0 Å². The third-order valence-electron chi connectivity index (χ3n) is 13.5. The lowest BCUT2D eigenvalue weighted by Crippen LogP contribution is -2.38. The number of hydrogen-bond acceptors (Lipinski definition) is 10. The van der Waals surface area contributed by atoms with E-state index in [1.54, 1.807) is 23.1 Å². The molecule has 0 aromatic heterocycles. The Morgan fingerprint density at radius 1 is 0.451 bits per heavy atom. The number of unbranched alkanes of at least 4 members (excludes halogenated alkanes) is 20. The van der Waals surface area contributed by atoms with Crippen molar-refractivity contribution < 1.29 is 57.9 Å². The number of benzene rings is 2. The van der Waals surface area contributed by atoms with Crippen molar-refractivity contribution in [3.05, 3.63) is 95.1 Å². The summed E-state index contributed by atoms with van der Waals surface area (Å²) in [6.07, 6.45) is 36.6. The molecule has 2 amide bonds. The minimum Gasteiger partial charge on any atom is -0.481 e. The number of carboxylic acids is 2. The number of aliphatic carboxylic acids is 1. The van der Waals surface area contributed by atoms with Gasteiger partial charge in [0, 0.05) is 39.0 Å². The van der Waals surface area contributed by atoms with E-state index in [0.29, 0.717) is 63.4 Å². The lowest BCUT2D eigenvalue weighted by atomic mass is 10.0. The van der Waals surface area contributed by atoms with Gasteiger partial charge in [0.25, 0.3) is 0 Å². The summed E-state index contributed by atoms with van der Waals surface area (Å²) in [6, 6.07) is 14.7. The smallest absolute Gasteiger partial charge is 0.410 e. The van der Waals surface area contributed by atoms with Gasteiger partial charge in [-0.05, 0) is 167 Å². The average molecular weight is 1150 g/mol. The Hall–Kier alpha value is -5.66. The lowest BCUT2D eigenvalue weighted by Gasteiger charge is -2.27. The van der Waals surface area contributed by atoms with E-state index in [4.69, 9.17) is 29.2 Å². The molecule has 0 aliphatic rings. The third-order valence-corrected chi connectivity index (χ3v) is 13.5. The second-order valence-corrected chi connectivity index (χ2v) is 23.6. The molecule has 2 rings (SSSR count). The van der Waals surface area contributed by atoms with Crippen LogP contribution in [-0.4, -0.2) is 107 Å². The van der Waals surface area contributed by atoms with Gasteiger partial charge in [-0.15, -0.1) is 0 Å². The van der Waals surface area contributed by atoms with Gasteiger partial charge in [-0.25, -0.2) is 19.2 Å². The van der Waals surface area contributed by atoms with Gasteiger partial charge in [0.05, 0.1) is 11.1 Å². The Balaban J connectivity index is 0.000000903. The van der Waals surface area contributed by atoms with Gasteiger partial charge >= 0.3 is 36.1 Å². The van der Waals surface area contributed by atoms with E-state index in [1.165, 1.54) is 51.4 Å². The van der Waals surface area contributed by atoms with Crippen LogP contribution in [0.25, 0.3) is 0 Å². The summed E-state index contributed by atoms with van der Waals surface area (Å²) < 4.78 is 22.0. The van der Waals surface area contributed by atoms with Crippen molar-refractivity contribution in [1.29, 1.82) is 0 Å². The highest BCUT2D eigenvalue weighted by Gasteiger charge is 2.23. The molecule has 2 aromatic rings. The van der Waals surface area contributed by atoms with E-state index in [9.17, 15) is 28.8 Å². The van der Waals surface area contributed by atoms with Crippen LogP contribution < -0.4 is 0 Å². The molecule has 14 nitrogen and oxygen atoms in total. The number of carboxylic acid groups (broad SMARTS) is 2. The van der Waals surface area contributed by atoms with E-state index in [-0.39, 0.29) is 30.5 Å². The van der Waals surface area contributed by atoms with Gasteiger partial charge in [0.15, 0.2) is 0 Å². The van der Waals surface area contributed by atoms with Crippen LogP contribution in [0.15, 0.2) is 72.8 Å². The summed E-state index contributed by atoms with van der Waals surface area (Å²) in [7, 11) is 0. The number of amides is 2. The number of ether oxygens (including phenoxy) is 4. The molecule has 0 radical (unpaired) electrons. The fourth-order valence-corrected chi connectivity index (χ4v) is 8.95. The normalized spacial score (nSPS) is 11.5. The first kappa shape index (κ1) is 74.4. The molecular weight excluding hydrogens is 1040 g/mol. The molecule has 0 saturated heterocycles. The first-order valence-corrected chi connectivity index (χ1v) is 31.5. The number of aryl methyl sites for hydroxylation is 2. The highest BCUT2D eigenvalue weighted by atomic mass is 16.6. The summed E-state index contributed by atoms with van der Waals surface area (Å²) in [5.74, 6) is -2.08. The monoisotopic (exact) mass is 1150 g/mol. The number of nitrogens with zero attached hydrogens (tertiary/aromatic N) is 2. The predicted octanol–water partition coefficient (Wildman–Crippen LogP) is 17.5. The number of carbonyl (C=O) groups excluding carboxylic acids is 4. The number of allylic oxidation sites excluding steroid dienone is 2. The van der Waals surface area contributed by atoms with Crippen LogP contribution in [0.3, 0.4) is 0 Å². The Bertz CT molecular complexity index is 2100. The number of aromatic carboxylic acids is 1. The molecule has 0 aliphatic heterocycles. The zero-order valence-electron chi connectivity index (χ0n) is 52.3. The summed E-state index contributed by atoms with van der Waals surface area (Å²) in [5, 5.41) is 17.8. The zero-order valence-corrected chi connectivity index (χ0v) is 52.3. The van der Waals surface area contributed by atoms with Gasteiger partial charge in [-0.2, -0.15) is 0 Å². The molecule has 0 heterocycles. The second-order valence-electron chi connectivity index (χ2n) is 23.6. The third kappa shape index (κ3) is 43.1. The molecule has 0 bridgehead atoms. The number of rotatable bonds is 44. The molecule has 2 N–H and O–H groups in total. The molecular formula is C68H110N2O12. The van der Waals surface area contributed by atoms with Gasteiger partial charge in [0.2, 0.25) is 0 Å². The van der Waals surface area contributed by atoms with Crippen LogP contribution in [0.4, 0.5) is 9.59 Å². The summed E-state index contributed by atoms with van der Waals surface area (Å²) in [4.78, 5) is 75.3. The van der Waals surface area contributed by atoms with Gasteiger partial charge in [0.1, 0.15) is 24.4 Å². The minimum absolute atomic E-state index is 0.126. The molecule has 14 heteroatoms. The fourth-order valence-electron chi connectivity index (χ4n) is 8.95.